The highest BCUT2D eigenvalue weighted by Gasteiger charge is 2.35. The highest BCUT2D eigenvalue weighted by atomic mass is 32.1. The minimum atomic E-state index is 0.292. The van der Waals surface area contributed by atoms with Gasteiger partial charge in [0.2, 0.25) is 0 Å². The van der Waals surface area contributed by atoms with Crippen LogP contribution in [0.1, 0.15) is 18.9 Å². The first-order chi connectivity index (χ1) is 9.33. The molecule has 1 N–H and O–H groups in total. The van der Waals surface area contributed by atoms with E-state index in [0.717, 1.165) is 32.7 Å². The summed E-state index contributed by atoms with van der Waals surface area (Å²) in [7, 11) is 0. The highest BCUT2D eigenvalue weighted by molar-refractivity contribution is 7.17. The van der Waals surface area contributed by atoms with Gasteiger partial charge in [0.1, 0.15) is 0 Å². The summed E-state index contributed by atoms with van der Waals surface area (Å²) in [6.45, 7) is 6.07. The van der Waals surface area contributed by atoms with Crippen molar-refractivity contribution in [3.63, 3.8) is 0 Å². The third-order valence-electron chi connectivity index (χ3n) is 4.06. The van der Waals surface area contributed by atoms with Crippen molar-refractivity contribution in [3.05, 3.63) is 35.2 Å². The molecule has 3 rings (SSSR count). The van der Waals surface area contributed by atoms with Crippen molar-refractivity contribution in [2.45, 2.75) is 19.8 Å². The molecule has 1 aromatic carbocycles. The minimum Gasteiger partial charge on any atom is -0.381 e. The lowest BCUT2D eigenvalue weighted by molar-refractivity contribution is 0.150. The average molecular weight is 275 g/mol. The van der Waals surface area contributed by atoms with Crippen molar-refractivity contribution < 1.29 is 4.74 Å². The van der Waals surface area contributed by atoms with Crippen LogP contribution in [0.3, 0.4) is 0 Å². The van der Waals surface area contributed by atoms with Gasteiger partial charge in [-0.2, -0.15) is 0 Å². The summed E-state index contributed by atoms with van der Waals surface area (Å²) in [4.78, 5) is 0. The van der Waals surface area contributed by atoms with E-state index in [1.54, 1.807) is 0 Å². The van der Waals surface area contributed by atoms with Crippen molar-refractivity contribution in [1.82, 2.24) is 5.32 Å². The second-order valence-corrected chi connectivity index (χ2v) is 6.43. The standard InChI is InChI=1S/C16H21NOS/c1-2-17-11-16(7-8-18-12-16)9-13-10-19-15-6-4-3-5-14(13)15/h3-6,10,17H,2,7-9,11-12H2,1H3. The molecule has 2 aromatic rings. The molecule has 1 unspecified atom stereocenters. The van der Waals surface area contributed by atoms with Gasteiger partial charge < -0.3 is 10.1 Å². The van der Waals surface area contributed by atoms with Gasteiger partial charge in [-0.15, -0.1) is 11.3 Å². The molecular formula is C16H21NOS. The lowest BCUT2D eigenvalue weighted by Gasteiger charge is -2.27. The zero-order valence-corrected chi connectivity index (χ0v) is 12.3. The van der Waals surface area contributed by atoms with E-state index in [-0.39, 0.29) is 0 Å². The minimum absolute atomic E-state index is 0.292. The normalized spacial score (nSPS) is 23.2. The molecular weight excluding hydrogens is 254 g/mol. The zero-order valence-electron chi connectivity index (χ0n) is 11.4. The summed E-state index contributed by atoms with van der Waals surface area (Å²) in [5.74, 6) is 0. The van der Waals surface area contributed by atoms with E-state index in [1.807, 2.05) is 11.3 Å². The molecule has 0 amide bonds. The van der Waals surface area contributed by atoms with Crippen molar-refractivity contribution in [2.75, 3.05) is 26.3 Å². The van der Waals surface area contributed by atoms with Crippen LogP contribution in [0.4, 0.5) is 0 Å². The Labute approximate surface area is 118 Å². The van der Waals surface area contributed by atoms with E-state index in [2.05, 4.69) is 41.9 Å². The molecule has 0 aliphatic carbocycles. The third kappa shape index (κ3) is 2.69. The Morgan fingerprint density at radius 3 is 3.05 bits per heavy atom. The molecule has 1 aromatic heterocycles. The van der Waals surface area contributed by atoms with E-state index >= 15 is 0 Å². The molecule has 0 saturated carbocycles. The Bertz CT molecular complexity index is 542. The molecule has 1 aliphatic heterocycles. The molecule has 1 fully saturated rings. The third-order valence-corrected chi connectivity index (χ3v) is 5.07. The maximum Gasteiger partial charge on any atom is 0.0538 e. The zero-order chi connectivity index (χ0) is 13.1. The molecule has 1 atom stereocenters. The quantitative estimate of drug-likeness (QED) is 0.902. The Hall–Kier alpha value is -0.900. The van der Waals surface area contributed by atoms with Crippen LogP contribution in [0.25, 0.3) is 10.1 Å². The van der Waals surface area contributed by atoms with Crippen molar-refractivity contribution in [1.29, 1.82) is 0 Å². The second kappa shape index (κ2) is 5.61. The van der Waals surface area contributed by atoms with Gasteiger partial charge in [-0.05, 0) is 41.8 Å². The number of hydrogen-bond donors (Lipinski definition) is 1. The van der Waals surface area contributed by atoms with Gasteiger partial charge in [-0.1, -0.05) is 25.1 Å². The van der Waals surface area contributed by atoms with Crippen LogP contribution in [0, 0.1) is 5.41 Å². The highest BCUT2D eigenvalue weighted by Crippen LogP contribution is 2.36. The number of hydrogen-bond acceptors (Lipinski definition) is 3. The van der Waals surface area contributed by atoms with Gasteiger partial charge in [0.05, 0.1) is 6.61 Å². The first-order valence-corrected chi connectivity index (χ1v) is 7.94. The number of ether oxygens (including phenoxy) is 1. The lowest BCUT2D eigenvalue weighted by atomic mass is 9.81. The molecule has 2 heterocycles. The molecule has 102 valence electrons. The largest absolute Gasteiger partial charge is 0.381 e. The maximum absolute atomic E-state index is 5.68. The SMILES string of the molecule is CCNCC1(Cc2csc3ccccc23)CCOC1. The predicted octanol–water partition coefficient (Wildman–Crippen LogP) is 3.46. The smallest absolute Gasteiger partial charge is 0.0538 e. The fourth-order valence-corrected chi connectivity index (χ4v) is 3.92. The fourth-order valence-electron chi connectivity index (χ4n) is 2.95. The summed E-state index contributed by atoms with van der Waals surface area (Å²) in [6, 6.07) is 8.72. The van der Waals surface area contributed by atoms with Crippen LogP contribution in [0.2, 0.25) is 0 Å². The van der Waals surface area contributed by atoms with Gasteiger partial charge in [0.25, 0.3) is 0 Å². The van der Waals surface area contributed by atoms with E-state index in [9.17, 15) is 0 Å². The Balaban J connectivity index is 1.85. The van der Waals surface area contributed by atoms with Gasteiger partial charge in [0.15, 0.2) is 0 Å². The van der Waals surface area contributed by atoms with E-state index < -0.39 is 0 Å². The van der Waals surface area contributed by atoms with Crippen molar-refractivity contribution in [2.24, 2.45) is 5.41 Å². The summed E-state index contributed by atoms with van der Waals surface area (Å²) in [6.07, 6.45) is 2.30. The Morgan fingerprint density at radius 2 is 2.26 bits per heavy atom. The fraction of sp³-hybridized carbons (Fsp3) is 0.500. The average Bonchev–Trinajstić information content (AvgIpc) is 3.06. The van der Waals surface area contributed by atoms with Crippen LogP contribution < -0.4 is 5.32 Å². The van der Waals surface area contributed by atoms with Crippen LogP contribution >= 0.6 is 11.3 Å². The molecule has 0 spiro atoms. The molecule has 0 radical (unpaired) electrons. The molecule has 1 aliphatic rings. The second-order valence-electron chi connectivity index (χ2n) is 5.52. The monoisotopic (exact) mass is 275 g/mol. The topological polar surface area (TPSA) is 21.3 Å². The lowest BCUT2D eigenvalue weighted by Crippen LogP contribution is -2.36. The van der Waals surface area contributed by atoms with E-state index in [0.29, 0.717) is 5.41 Å². The molecule has 0 bridgehead atoms. The van der Waals surface area contributed by atoms with E-state index in [4.69, 9.17) is 4.74 Å². The summed E-state index contributed by atoms with van der Waals surface area (Å²) in [5.41, 5.74) is 1.78. The number of benzene rings is 1. The first kappa shape index (κ1) is 13.1. The van der Waals surface area contributed by atoms with E-state index in [1.165, 1.54) is 22.1 Å². The van der Waals surface area contributed by atoms with Crippen molar-refractivity contribution in [3.8, 4) is 0 Å². The Kier molecular flexibility index (Phi) is 3.87. The molecule has 19 heavy (non-hydrogen) atoms. The van der Waals surface area contributed by atoms with Gasteiger partial charge in [0, 0.05) is 23.3 Å². The van der Waals surface area contributed by atoms with Crippen LogP contribution in [0.15, 0.2) is 29.6 Å². The summed E-state index contributed by atoms with van der Waals surface area (Å²) >= 11 is 1.86. The Morgan fingerprint density at radius 1 is 1.37 bits per heavy atom. The maximum atomic E-state index is 5.68. The molecule has 3 heteroatoms. The summed E-state index contributed by atoms with van der Waals surface area (Å²) < 4.78 is 7.08. The number of nitrogens with one attached hydrogen (secondary N) is 1. The van der Waals surface area contributed by atoms with Crippen LogP contribution in [-0.2, 0) is 11.2 Å². The summed E-state index contributed by atoms with van der Waals surface area (Å²) in [5, 5.41) is 7.27. The first-order valence-electron chi connectivity index (χ1n) is 7.07. The van der Waals surface area contributed by atoms with Gasteiger partial charge in [-0.25, -0.2) is 0 Å². The van der Waals surface area contributed by atoms with Crippen LogP contribution in [-0.4, -0.2) is 26.3 Å². The van der Waals surface area contributed by atoms with Gasteiger partial charge >= 0.3 is 0 Å². The number of fused-ring (bicyclic) bond motifs is 1. The number of rotatable bonds is 5. The van der Waals surface area contributed by atoms with Gasteiger partial charge in [-0.3, -0.25) is 0 Å². The van der Waals surface area contributed by atoms with Crippen molar-refractivity contribution >= 4 is 21.4 Å². The molecule has 2 nitrogen and oxygen atoms in total. The number of thiophene rings is 1. The van der Waals surface area contributed by atoms with Crippen LogP contribution in [0.5, 0.6) is 0 Å². The molecule has 1 saturated heterocycles. The predicted molar refractivity (Wildman–Crippen MR) is 81.9 cm³/mol.